The fraction of sp³-hybridized carbons (Fsp3) is 0.237. The van der Waals surface area contributed by atoms with Crippen LogP contribution in [0.3, 0.4) is 0 Å². The maximum absolute atomic E-state index is 13.6. The van der Waals surface area contributed by atoms with E-state index in [1.165, 1.54) is 43.5 Å². The third kappa shape index (κ3) is 7.25. The van der Waals surface area contributed by atoms with Crippen LogP contribution < -0.4 is 35.0 Å². The molecule has 0 atom stereocenters. The molecule has 5 aromatic rings. The fourth-order valence-electron chi connectivity index (χ4n) is 5.97. The van der Waals surface area contributed by atoms with Crippen LogP contribution in [0.15, 0.2) is 82.0 Å². The molecule has 6 rings (SSSR count). The largest absolute Gasteiger partial charge is 0.493 e. The molecular formula is C38H36FN3O8. The molecule has 2 heterocycles. The van der Waals surface area contributed by atoms with E-state index in [0.717, 1.165) is 67.7 Å². The Morgan fingerprint density at radius 2 is 1.44 bits per heavy atom. The van der Waals surface area contributed by atoms with Crippen LogP contribution in [0, 0.1) is 5.82 Å². The molecule has 1 aromatic heterocycles. The van der Waals surface area contributed by atoms with E-state index in [4.69, 9.17) is 23.4 Å². The number of carbonyl (C=O) groups excluding carboxylic acids is 2. The predicted octanol–water partition coefficient (Wildman–Crippen LogP) is 6.07. The molecule has 0 bridgehead atoms. The fourth-order valence-corrected chi connectivity index (χ4v) is 5.97. The molecule has 11 nitrogen and oxygen atoms in total. The number of benzene rings is 4. The Bertz CT molecular complexity index is 2130. The Kier molecular flexibility index (Phi) is 10.0. The highest BCUT2D eigenvalue weighted by Crippen LogP contribution is 2.35. The highest BCUT2D eigenvalue weighted by molar-refractivity contribution is 6.12. The second kappa shape index (κ2) is 14.7. The van der Waals surface area contributed by atoms with Gasteiger partial charge in [-0.05, 0) is 78.1 Å². The number of hydrogen-bond donors (Lipinski definition) is 2. The van der Waals surface area contributed by atoms with Crippen molar-refractivity contribution in [1.29, 1.82) is 0 Å². The lowest BCUT2D eigenvalue weighted by atomic mass is 9.98. The summed E-state index contributed by atoms with van der Waals surface area (Å²) in [6, 6.07) is 19.0. The number of methoxy groups -OCH3 is 4. The first-order valence-corrected chi connectivity index (χ1v) is 15.9. The smallest absolute Gasteiger partial charge is 0.291 e. The van der Waals surface area contributed by atoms with Gasteiger partial charge in [0.05, 0.1) is 45.1 Å². The van der Waals surface area contributed by atoms with Crippen LogP contribution in [0.4, 0.5) is 15.8 Å². The summed E-state index contributed by atoms with van der Waals surface area (Å²) in [5.41, 5.74) is 3.78. The van der Waals surface area contributed by atoms with Crippen molar-refractivity contribution in [3.05, 3.63) is 117 Å². The number of anilines is 2. The standard InChI is InChI=1S/C38H36FN3O8/c1-46-32-15-23-12-14-42(21-24(23)16-33(32)47-2)13-11-22-5-8-26(9-6-22)40-37(44)27-18-34(48-3)35(49-4)19-29(27)41-38(45)36-20-30(43)28-17-25(39)7-10-31(28)50-36/h5-10,15-20H,11-14,21H2,1-4H3,(H,40,44)(H,41,45). The van der Waals surface area contributed by atoms with E-state index in [9.17, 15) is 18.8 Å². The van der Waals surface area contributed by atoms with Crippen LogP contribution >= 0.6 is 0 Å². The first-order valence-electron chi connectivity index (χ1n) is 15.9. The SMILES string of the molecule is COc1cc2c(cc1OC)CN(CCc1ccc(NC(=O)c3cc(OC)c(OC)cc3NC(=O)c3cc(=O)c4cc(F)ccc4o3)cc1)CC2. The second-order valence-corrected chi connectivity index (χ2v) is 11.7. The van der Waals surface area contributed by atoms with Crippen molar-refractivity contribution in [1.82, 2.24) is 4.90 Å². The Hall–Kier alpha value is -5.88. The molecule has 0 saturated heterocycles. The van der Waals surface area contributed by atoms with E-state index < -0.39 is 23.1 Å². The van der Waals surface area contributed by atoms with E-state index in [1.54, 1.807) is 14.2 Å². The van der Waals surface area contributed by atoms with E-state index in [2.05, 4.69) is 27.7 Å². The number of rotatable bonds is 11. The zero-order chi connectivity index (χ0) is 35.4. The quantitative estimate of drug-likeness (QED) is 0.171. The highest BCUT2D eigenvalue weighted by atomic mass is 19.1. The van der Waals surface area contributed by atoms with Crippen molar-refractivity contribution in [2.45, 2.75) is 19.4 Å². The van der Waals surface area contributed by atoms with Gasteiger partial charge in [0.25, 0.3) is 11.8 Å². The van der Waals surface area contributed by atoms with Crippen LogP contribution in [0.5, 0.6) is 23.0 Å². The van der Waals surface area contributed by atoms with E-state index in [0.29, 0.717) is 5.69 Å². The van der Waals surface area contributed by atoms with Crippen LogP contribution in [0.1, 0.15) is 37.6 Å². The number of fused-ring (bicyclic) bond motifs is 2. The van der Waals surface area contributed by atoms with Crippen LogP contribution in [-0.2, 0) is 19.4 Å². The average molecular weight is 682 g/mol. The molecular weight excluding hydrogens is 645 g/mol. The lowest BCUT2D eigenvalue weighted by Crippen LogP contribution is -2.32. The molecule has 0 spiro atoms. The van der Waals surface area contributed by atoms with Crippen LogP contribution in [-0.4, -0.2) is 58.2 Å². The third-order valence-electron chi connectivity index (χ3n) is 8.66. The Morgan fingerprint density at radius 3 is 2.14 bits per heavy atom. The van der Waals surface area contributed by atoms with Gasteiger partial charge in [-0.15, -0.1) is 0 Å². The molecule has 2 amide bonds. The van der Waals surface area contributed by atoms with Gasteiger partial charge in [0.2, 0.25) is 0 Å². The summed E-state index contributed by atoms with van der Waals surface area (Å²) in [7, 11) is 6.14. The topological polar surface area (TPSA) is 129 Å². The van der Waals surface area contributed by atoms with Gasteiger partial charge in [0.1, 0.15) is 11.4 Å². The van der Waals surface area contributed by atoms with Gasteiger partial charge < -0.3 is 34.0 Å². The maximum Gasteiger partial charge on any atom is 0.291 e. The van der Waals surface area contributed by atoms with Crippen molar-refractivity contribution >= 4 is 34.2 Å². The molecule has 1 aliphatic rings. The summed E-state index contributed by atoms with van der Waals surface area (Å²) >= 11 is 0. The van der Waals surface area contributed by atoms with Crippen molar-refractivity contribution < 1.29 is 37.3 Å². The van der Waals surface area contributed by atoms with E-state index in [1.807, 2.05) is 24.3 Å². The van der Waals surface area contributed by atoms with Gasteiger partial charge in [0, 0.05) is 37.5 Å². The number of hydrogen-bond acceptors (Lipinski definition) is 9. The van der Waals surface area contributed by atoms with Gasteiger partial charge in [0.15, 0.2) is 34.2 Å². The van der Waals surface area contributed by atoms with Crippen molar-refractivity contribution in [2.24, 2.45) is 0 Å². The monoisotopic (exact) mass is 681 g/mol. The number of nitrogens with zero attached hydrogens (tertiary/aromatic N) is 1. The minimum atomic E-state index is -0.796. The number of amides is 2. The molecule has 0 unspecified atom stereocenters. The predicted molar refractivity (Wildman–Crippen MR) is 187 cm³/mol. The molecule has 12 heteroatoms. The third-order valence-corrected chi connectivity index (χ3v) is 8.66. The Balaban J connectivity index is 1.14. The lowest BCUT2D eigenvalue weighted by Gasteiger charge is -2.29. The van der Waals surface area contributed by atoms with Crippen LogP contribution in [0.25, 0.3) is 11.0 Å². The van der Waals surface area contributed by atoms with Crippen molar-refractivity contribution in [3.8, 4) is 23.0 Å². The number of halogens is 1. The molecule has 0 radical (unpaired) electrons. The molecule has 0 aliphatic carbocycles. The second-order valence-electron chi connectivity index (χ2n) is 11.7. The normalized spacial score (nSPS) is 12.6. The lowest BCUT2D eigenvalue weighted by molar-refractivity contribution is 0.0997. The molecule has 2 N–H and O–H groups in total. The summed E-state index contributed by atoms with van der Waals surface area (Å²) in [5, 5.41) is 5.51. The summed E-state index contributed by atoms with van der Waals surface area (Å²) in [5.74, 6) is -0.249. The van der Waals surface area contributed by atoms with Gasteiger partial charge in [-0.2, -0.15) is 0 Å². The maximum atomic E-state index is 13.6. The highest BCUT2D eigenvalue weighted by Gasteiger charge is 2.22. The van der Waals surface area contributed by atoms with Crippen molar-refractivity contribution in [3.63, 3.8) is 0 Å². The Labute approximate surface area is 287 Å². The summed E-state index contributed by atoms with van der Waals surface area (Å²) in [6.45, 7) is 2.62. The van der Waals surface area contributed by atoms with E-state index >= 15 is 0 Å². The Morgan fingerprint density at radius 1 is 0.780 bits per heavy atom. The zero-order valence-corrected chi connectivity index (χ0v) is 28.1. The summed E-state index contributed by atoms with van der Waals surface area (Å²) in [6.07, 6.45) is 1.75. The van der Waals surface area contributed by atoms with Gasteiger partial charge in [-0.1, -0.05) is 12.1 Å². The zero-order valence-electron chi connectivity index (χ0n) is 28.1. The minimum Gasteiger partial charge on any atom is -0.493 e. The molecule has 0 fully saturated rings. The van der Waals surface area contributed by atoms with E-state index in [-0.39, 0.29) is 39.5 Å². The van der Waals surface area contributed by atoms with Gasteiger partial charge in [-0.25, -0.2) is 4.39 Å². The molecule has 0 saturated carbocycles. The molecule has 1 aliphatic heterocycles. The van der Waals surface area contributed by atoms with Crippen LogP contribution in [0.2, 0.25) is 0 Å². The summed E-state index contributed by atoms with van der Waals surface area (Å²) < 4.78 is 41.0. The number of carbonyl (C=O) groups is 2. The first kappa shape index (κ1) is 34.0. The summed E-state index contributed by atoms with van der Waals surface area (Å²) in [4.78, 5) is 41.8. The van der Waals surface area contributed by atoms with Gasteiger partial charge >= 0.3 is 0 Å². The minimum absolute atomic E-state index is 0.00144. The number of ether oxygens (including phenoxy) is 4. The first-order chi connectivity index (χ1) is 24.2. The molecule has 258 valence electrons. The number of nitrogens with one attached hydrogen (secondary N) is 2. The molecule has 4 aromatic carbocycles. The molecule has 50 heavy (non-hydrogen) atoms. The van der Waals surface area contributed by atoms with Crippen molar-refractivity contribution in [2.75, 3.05) is 52.2 Å². The average Bonchev–Trinajstić information content (AvgIpc) is 3.13. The van der Waals surface area contributed by atoms with Gasteiger partial charge in [-0.3, -0.25) is 19.3 Å².